The molecule has 0 saturated carbocycles. The first-order valence-corrected chi connectivity index (χ1v) is 1.68. The van der Waals surface area contributed by atoms with E-state index in [0.717, 1.165) is 0 Å². The summed E-state index contributed by atoms with van der Waals surface area (Å²) >= 11 is 0. The predicted molar refractivity (Wildman–Crippen MR) is 25.7 cm³/mol. The number of carbonyl (C=O) groups excluding carboxylic acids is 1. The molecule has 0 aliphatic rings. The zero-order valence-electron chi connectivity index (χ0n) is 4.84. The van der Waals surface area contributed by atoms with Crippen molar-refractivity contribution in [2.75, 3.05) is 0 Å². The average molecular weight is 140 g/mol. The van der Waals surface area contributed by atoms with Gasteiger partial charge in [0.2, 0.25) is 6.41 Å². The van der Waals surface area contributed by atoms with Crippen molar-refractivity contribution in [1.82, 2.24) is 5.32 Å². The van der Waals surface area contributed by atoms with Gasteiger partial charge >= 0.3 is 51.4 Å². The Balaban J connectivity index is 0. The van der Waals surface area contributed by atoms with E-state index < -0.39 is 0 Å². The van der Waals surface area contributed by atoms with Crippen LogP contribution in [0.15, 0.2) is 5.16 Å². The molecule has 4 nitrogen and oxygen atoms in total. The van der Waals surface area contributed by atoms with Crippen LogP contribution in [0.3, 0.4) is 0 Å². The molecule has 0 heterocycles. The third kappa shape index (κ3) is 6.58. The van der Waals surface area contributed by atoms with Gasteiger partial charge in [0.05, 0.1) is 5.84 Å². The monoisotopic (exact) mass is 140 g/mol. The van der Waals surface area contributed by atoms with E-state index in [1.807, 2.05) is 0 Å². The van der Waals surface area contributed by atoms with E-state index in [9.17, 15) is 10.0 Å². The number of amides is 1. The zero-order chi connectivity index (χ0) is 5.70. The largest absolute Gasteiger partial charge is 1.00 e. The molecular formula is C3H5KN2O2. The number of amidine groups is 1. The smallest absolute Gasteiger partial charge is 0.791 e. The maximum absolute atomic E-state index is 9.44. The summed E-state index contributed by atoms with van der Waals surface area (Å²) in [6, 6.07) is 0. The van der Waals surface area contributed by atoms with Crippen molar-refractivity contribution in [2.24, 2.45) is 5.16 Å². The Labute approximate surface area is 89.7 Å². The van der Waals surface area contributed by atoms with Gasteiger partial charge in [-0.3, -0.25) is 4.79 Å². The van der Waals surface area contributed by atoms with Crippen LogP contribution in [0.5, 0.6) is 0 Å². The number of nitrogens with one attached hydrogen (secondary N) is 1. The van der Waals surface area contributed by atoms with Gasteiger partial charge in [0.25, 0.3) is 0 Å². The molecule has 0 aliphatic heterocycles. The van der Waals surface area contributed by atoms with Crippen LogP contribution in [0, 0.1) is 5.21 Å². The van der Waals surface area contributed by atoms with E-state index in [4.69, 9.17) is 0 Å². The Hall–Kier alpha value is 0.576. The second-order valence-corrected chi connectivity index (χ2v) is 0.939. The number of carbonyl (C=O) groups is 1. The van der Waals surface area contributed by atoms with Gasteiger partial charge in [0.15, 0.2) is 0 Å². The van der Waals surface area contributed by atoms with Crippen LogP contribution >= 0.6 is 0 Å². The minimum Gasteiger partial charge on any atom is -0.791 e. The Kier molecular flexibility index (Phi) is 10.8. The topological polar surface area (TPSA) is 64.5 Å². The summed E-state index contributed by atoms with van der Waals surface area (Å²) in [5.74, 6) is 0.0787. The van der Waals surface area contributed by atoms with Gasteiger partial charge in [-0.25, -0.2) is 0 Å². The van der Waals surface area contributed by atoms with Crippen molar-refractivity contribution in [1.29, 1.82) is 0 Å². The molecule has 0 saturated heterocycles. The summed E-state index contributed by atoms with van der Waals surface area (Å²) in [6.45, 7) is 1.40. The normalized spacial score (nSPS) is 9.38. The molecule has 0 radical (unpaired) electrons. The SMILES string of the molecule is C/C(=N/[O-])NC=O.[K+]. The van der Waals surface area contributed by atoms with Crippen LogP contribution in [-0.2, 0) is 4.79 Å². The van der Waals surface area contributed by atoms with Crippen molar-refractivity contribution in [3.05, 3.63) is 5.21 Å². The molecule has 0 aromatic carbocycles. The minimum absolute atomic E-state index is 0. The third-order valence-corrected chi connectivity index (χ3v) is 0.405. The molecule has 0 aliphatic carbocycles. The van der Waals surface area contributed by atoms with Gasteiger partial charge in [0, 0.05) is 0 Å². The standard InChI is InChI=1S/C3H6N2O2.K/c1-3(5-7)4-2-6;/h2,7H,1H3,(H,4,5,6);/q;+1/p-1. The van der Waals surface area contributed by atoms with Gasteiger partial charge < -0.3 is 15.7 Å². The van der Waals surface area contributed by atoms with Crippen molar-refractivity contribution in [3.63, 3.8) is 0 Å². The fraction of sp³-hybridized carbons (Fsp3) is 0.333. The molecule has 40 valence electrons. The maximum atomic E-state index is 9.44. The van der Waals surface area contributed by atoms with E-state index >= 15 is 0 Å². The molecular weight excluding hydrogens is 135 g/mol. The van der Waals surface area contributed by atoms with E-state index in [1.54, 1.807) is 0 Å². The van der Waals surface area contributed by atoms with Crippen LogP contribution in [0.4, 0.5) is 0 Å². The molecule has 1 N–H and O–H groups in total. The average Bonchev–Trinajstić information content (AvgIpc) is 1.68. The second kappa shape index (κ2) is 7.58. The third-order valence-electron chi connectivity index (χ3n) is 0.405. The quantitative estimate of drug-likeness (QED) is 0.136. The van der Waals surface area contributed by atoms with E-state index in [1.165, 1.54) is 6.92 Å². The van der Waals surface area contributed by atoms with Crippen LogP contribution < -0.4 is 56.7 Å². The molecule has 0 aromatic rings. The maximum Gasteiger partial charge on any atom is 1.00 e. The van der Waals surface area contributed by atoms with Crippen molar-refractivity contribution < 1.29 is 56.2 Å². The molecule has 0 unspecified atom stereocenters. The summed E-state index contributed by atoms with van der Waals surface area (Å²) in [5, 5.41) is 13.8. The number of hydrogen-bond donors (Lipinski definition) is 1. The Morgan fingerprint density at radius 2 is 2.38 bits per heavy atom. The second-order valence-electron chi connectivity index (χ2n) is 0.939. The first kappa shape index (κ1) is 11.4. The van der Waals surface area contributed by atoms with Crippen molar-refractivity contribution >= 4 is 12.2 Å². The van der Waals surface area contributed by atoms with Crippen LogP contribution in [0.2, 0.25) is 0 Å². The molecule has 0 aromatic heterocycles. The zero-order valence-corrected chi connectivity index (χ0v) is 7.96. The van der Waals surface area contributed by atoms with Gasteiger partial charge in [0.1, 0.15) is 0 Å². The fourth-order valence-electron chi connectivity index (χ4n) is 0.112. The Bertz CT molecular complexity index is 93.3. The summed E-state index contributed by atoms with van der Waals surface area (Å²) in [4.78, 5) is 9.44. The summed E-state index contributed by atoms with van der Waals surface area (Å²) < 4.78 is 0. The summed E-state index contributed by atoms with van der Waals surface area (Å²) in [5.41, 5.74) is 0. The first-order chi connectivity index (χ1) is 3.31. The van der Waals surface area contributed by atoms with E-state index in [-0.39, 0.29) is 57.2 Å². The molecule has 0 atom stereocenters. The van der Waals surface area contributed by atoms with Gasteiger partial charge in [-0.1, -0.05) is 0 Å². The van der Waals surface area contributed by atoms with Crippen LogP contribution in [-0.4, -0.2) is 12.2 Å². The van der Waals surface area contributed by atoms with Crippen molar-refractivity contribution in [3.8, 4) is 0 Å². The Morgan fingerprint density at radius 3 is 2.50 bits per heavy atom. The molecule has 0 bridgehead atoms. The molecule has 0 rings (SSSR count). The first-order valence-electron chi connectivity index (χ1n) is 1.68. The van der Waals surface area contributed by atoms with E-state index in [0.29, 0.717) is 6.41 Å². The minimum atomic E-state index is 0. The summed E-state index contributed by atoms with van der Waals surface area (Å²) in [6.07, 6.45) is 0.400. The van der Waals surface area contributed by atoms with Gasteiger partial charge in [-0.2, -0.15) is 0 Å². The summed E-state index contributed by atoms with van der Waals surface area (Å²) in [7, 11) is 0. The molecule has 0 spiro atoms. The predicted octanol–water partition coefficient (Wildman–Crippen LogP) is -3.35. The molecule has 0 fully saturated rings. The van der Waals surface area contributed by atoms with Gasteiger partial charge in [-0.05, 0) is 6.92 Å². The molecule has 8 heavy (non-hydrogen) atoms. The van der Waals surface area contributed by atoms with E-state index in [2.05, 4.69) is 10.5 Å². The fourth-order valence-corrected chi connectivity index (χ4v) is 0.112. The molecule has 5 heteroatoms. The number of hydrogen-bond acceptors (Lipinski definition) is 3. The Morgan fingerprint density at radius 1 is 1.88 bits per heavy atom. The van der Waals surface area contributed by atoms with Crippen LogP contribution in [0.1, 0.15) is 6.92 Å². The van der Waals surface area contributed by atoms with Gasteiger partial charge in [-0.15, -0.1) is 0 Å². The van der Waals surface area contributed by atoms with Crippen LogP contribution in [0.25, 0.3) is 0 Å². The van der Waals surface area contributed by atoms with Crippen molar-refractivity contribution in [2.45, 2.75) is 6.92 Å². The molecule has 1 amide bonds. The number of rotatable bonds is 1. The number of nitrogens with zero attached hydrogens (tertiary/aromatic N) is 1.